The van der Waals surface area contributed by atoms with E-state index in [9.17, 15) is 95.9 Å². The molecule has 0 spiro atoms. The van der Waals surface area contributed by atoms with Crippen molar-refractivity contribution in [3.8, 4) is 0 Å². The molecule has 0 saturated carbocycles. The molecule has 51 nitrogen and oxygen atoms in total. The SMILES string of the molecule is CC(=O)OC[C@H]1O[C@@H](O[C@H]2[C@H](OC(C)=O)[C@@H](OC(C)=O)[C@H](O[C@H]3[C@H](OC(C)=O)[C@@H](OC(C)=O)[C@H](O[C@H]4[C@H](OC(C)=O)[C@@H](OC(C)=O)[C@H](O[C@H]5[C@H](OC(C)=O)[C@@H](OC(C)=O)[C@H](O[C@H]6[C@H](OC(C)=O)[C@@H](OC(C)=O)C(OC(C)=O)O[C@@H]6COC(C)=O)O[C@@H]5COC(C)=O)O[C@@H]4COC(C)=O)O[C@@H]3COC(C)=O)O[C@@H]2COC(C)=O)[C@H](OC(C)=O)[C@@H](OC(C)=O)[C@@H]1OC(C)=O. The minimum Gasteiger partial charge on any atom is -0.463 e. The van der Waals surface area contributed by atoms with E-state index in [1.54, 1.807) is 0 Å². The van der Waals surface area contributed by atoms with Gasteiger partial charge in [-0.05, 0) is 0 Å². The van der Waals surface area contributed by atoms with Gasteiger partial charge in [-0.15, -0.1) is 0 Å². The maximum absolute atomic E-state index is 13.8. The Kier molecular flexibility index (Phi) is 39.8. The van der Waals surface area contributed by atoms with Crippen molar-refractivity contribution in [2.75, 3.05) is 39.6 Å². The van der Waals surface area contributed by atoms with Crippen LogP contribution in [0.15, 0.2) is 0 Å². The first-order valence-corrected chi connectivity index (χ1v) is 38.8. The van der Waals surface area contributed by atoms with Crippen molar-refractivity contribution in [2.24, 2.45) is 0 Å². The summed E-state index contributed by atoms with van der Waals surface area (Å²) in [6, 6.07) is 0. The summed E-state index contributed by atoms with van der Waals surface area (Å²) in [5.74, 6) is -22.9. The third-order valence-electron chi connectivity index (χ3n) is 17.9. The Balaban J connectivity index is 1.55. The average molecular weight is 1830 g/mol. The molecule has 0 N–H and O–H groups in total. The van der Waals surface area contributed by atoms with E-state index in [-0.39, 0.29) is 0 Å². The van der Waals surface area contributed by atoms with Crippen molar-refractivity contribution < 1.29 is 243 Å². The number of ether oxygens (including phenoxy) is 31. The molecule has 0 aromatic rings. The molecule has 6 saturated heterocycles. The van der Waals surface area contributed by atoms with Crippen LogP contribution in [0.25, 0.3) is 0 Å². The number of carbonyl (C=O) groups is 20. The van der Waals surface area contributed by atoms with Crippen molar-refractivity contribution in [3.05, 3.63) is 0 Å². The fourth-order valence-electron chi connectivity index (χ4n) is 13.9. The molecule has 0 radical (unpaired) electrons. The molecule has 1 unspecified atom stereocenters. The summed E-state index contributed by atoms with van der Waals surface area (Å²) in [6.07, 6.45) is -64.2. The summed E-state index contributed by atoms with van der Waals surface area (Å²) in [5, 5.41) is 0. The van der Waals surface area contributed by atoms with E-state index in [2.05, 4.69) is 0 Å². The van der Waals surface area contributed by atoms with E-state index in [1.165, 1.54) is 0 Å². The molecule has 127 heavy (non-hydrogen) atoms. The molecule has 6 rings (SSSR count). The van der Waals surface area contributed by atoms with Gasteiger partial charge in [0.1, 0.15) is 107 Å². The molecule has 712 valence electrons. The van der Waals surface area contributed by atoms with Gasteiger partial charge in [0.15, 0.2) is 105 Å². The minimum atomic E-state index is -2.44. The van der Waals surface area contributed by atoms with Gasteiger partial charge in [0.25, 0.3) is 0 Å². The van der Waals surface area contributed by atoms with Gasteiger partial charge in [0.2, 0.25) is 12.4 Å². The zero-order valence-electron chi connectivity index (χ0n) is 72.4. The standard InChI is InChI=1S/C76H102O51/c1-27(77)97-21-47-53(103-33(7)83)59(104-34(8)84)66(111-41(15)91)72(118-47)124-55-49(23-99-29(3)79)120-74(68(113-43(17)93)61(55)106-36(10)86)126-57-51(25-101-31(5)81)122-76(70(115-45(19)95)63(57)108-38(12)88)127-58-52(26-102-32(6)82)121-75(69(114-44(18)94)64(58)109-39(13)89)125-56-50(24-100-30(4)80)119-73(67(112-42(16)92)62(56)107-37(11)87)123-54-48(22-98-28(2)78)117-71(116-46(20)96)65(110-40(14)90)60(54)105-35(9)85/h47-76H,21-26H2,1-20H3/t47-,48-,49-,50-,51-,52-,53-,54-,55-,56-,57-,58-,59+,60+,61+,62+,63+,64+,65-,66-,67-,68-,69-,70-,71?,72+,73+,74+,75+,76+/m1/s1. The second-order valence-electron chi connectivity index (χ2n) is 28.6. The maximum Gasteiger partial charge on any atom is 0.305 e. The smallest absolute Gasteiger partial charge is 0.305 e. The van der Waals surface area contributed by atoms with Crippen LogP contribution in [0.2, 0.25) is 0 Å². The number of carbonyl (C=O) groups excluding carboxylic acids is 20. The van der Waals surface area contributed by atoms with E-state index < -0.39 is 343 Å². The normalized spacial score (nSPS) is 32.6. The van der Waals surface area contributed by atoms with Gasteiger partial charge in [0.05, 0.1) is 0 Å². The first-order valence-electron chi connectivity index (χ1n) is 38.8. The van der Waals surface area contributed by atoms with E-state index in [0.717, 1.165) is 138 Å². The highest BCUT2D eigenvalue weighted by molar-refractivity contribution is 5.73. The first kappa shape index (κ1) is 105. The lowest BCUT2D eigenvalue weighted by molar-refractivity contribution is -0.396. The van der Waals surface area contributed by atoms with Crippen molar-refractivity contribution >= 4 is 119 Å². The monoisotopic (exact) mass is 1830 g/mol. The Bertz CT molecular complexity index is 3970. The van der Waals surface area contributed by atoms with Gasteiger partial charge in [-0.25, -0.2) is 0 Å². The van der Waals surface area contributed by atoms with Gasteiger partial charge >= 0.3 is 119 Å². The van der Waals surface area contributed by atoms with Crippen LogP contribution in [0, 0.1) is 0 Å². The molecule has 30 atom stereocenters. The molecule has 0 aromatic carbocycles. The molecule has 0 bridgehead atoms. The van der Waals surface area contributed by atoms with E-state index >= 15 is 0 Å². The summed E-state index contributed by atoms with van der Waals surface area (Å²) < 4.78 is 183. The first-order chi connectivity index (χ1) is 59.4. The zero-order valence-corrected chi connectivity index (χ0v) is 72.4. The van der Waals surface area contributed by atoms with Crippen LogP contribution in [0.4, 0.5) is 0 Å². The number of esters is 20. The van der Waals surface area contributed by atoms with Crippen LogP contribution >= 0.6 is 0 Å². The molecule has 51 heteroatoms. The molecule has 6 heterocycles. The third kappa shape index (κ3) is 31.7. The van der Waals surface area contributed by atoms with Crippen LogP contribution in [-0.2, 0) is 243 Å². The predicted molar refractivity (Wildman–Crippen MR) is 390 cm³/mol. The van der Waals surface area contributed by atoms with Crippen LogP contribution < -0.4 is 0 Å². The number of hydrogen-bond donors (Lipinski definition) is 0. The quantitative estimate of drug-likeness (QED) is 0.0455. The summed E-state index contributed by atoms with van der Waals surface area (Å²) in [5.41, 5.74) is 0. The Morgan fingerprint density at radius 1 is 0.142 bits per heavy atom. The van der Waals surface area contributed by atoms with Gasteiger partial charge in [-0.1, -0.05) is 0 Å². The summed E-state index contributed by atoms with van der Waals surface area (Å²) in [6.45, 7) is 11.6. The Hall–Kier alpha value is -11.0. The highest BCUT2D eigenvalue weighted by Crippen LogP contribution is 2.43. The topological polar surface area (TPSA) is 628 Å². The Morgan fingerprint density at radius 3 is 0.409 bits per heavy atom. The predicted octanol–water partition coefficient (Wildman–Crippen LogP) is -2.68. The van der Waals surface area contributed by atoms with E-state index in [0.29, 0.717) is 0 Å². The molecule has 0 amide bonds. The Morgan fingerprint density at radius 2 is 0.260 bits per heavy atom. The minimum absolute atomic E-state index is 0.801. The number of hydrogen-bond acceptors (Lipinski definition) is 51. The van der Waals surface area contributed by atoms with Crippen LogP contribution in [0.3, 0.4) is 0 Å². The molecule has 6 aliphatic heterocycles. The molecule has 0 aromatic heterocycles. The third-order valence-corrected chi connectivity index (χ3v) is 17.9. The van der Waals surface area contributed by atoms with Crippen molar-refractivity contribution in [1.82, 2.24) is 0 Å². The fraction of sp³-hybridized carbons (Fsp3) is 0.737. The van der Waals surface area contributed by atoms with Crippen LogP contribution in [0.1, 0.15) is 138 Å². The van der Waals surface area contributed by atoms with Gasteiger partial charge < -0.3 is 147 Å². The highest BCUT2D eigenvalue weighted by atomic mass is 16.8. The Labute approximate surface area is 722 Å². The van der Waals surface area contributed by atoms with Gasteiger partial charge in [0, 0.05) is 138 Å². The average Bonchev–Trinajstić information content (AvgIpc) is 0.753. The molecule has 6 fully saturated rings. The fourth-order valence-corrected chi connectivity index (χ4v) is 13.9. The molecular weight excluding hydrogens is 1730 g/mol. The summed E-state index contributed by atoms with van der Waals surface area (Å²) >= 11 is 0. The molecule has 0 aliphatic carbocycles. The van der Waals surface area contributed by atoms with E-state index in [4.69, 9.17) is 147 Å². The zero-order chi connectivity index (χ0) is 95.0. The van der Waals surface area contributed by atoms with Crippen LogP contribution in [-0.4, -0.2) is 343 Å². The summed E-state index contributed by atoms with van der Waals surface area (Å²) in [7, 11) is 0. The van der Waals surface area contributed by atoms with Gasteiger partial charge in [-0.3, -0.25) is 95.9 Å². The second-order valence-corrected chi connectivity index (χ2v) is 28.6. The van der Waals surface area contributed by atoms with Crippen LogP contribution in [0.5, 0.6) is 0 Å². The van der Waals surface area contributed by atoms with Crippen molar-refractivity contribution in [3.63, 3.8) is 0 Å². The molecular formula is C76H102O51. The lowest BCUT2D eigenvalue weighted by atomic mass is 9.94. The van der Waals surface area contributed by atoms with E-state index in [1.807, 2.05) is 0 Å². The second kappa shape index (κ2) is 48.2. The lowest BCUT2D eigenvalue weighted by Crippen LogP contribution is -2.70. The van der Waals surface area contributed by atoms with Gasteiger partial charge in [-0.2, -0.15) is 0 Å². The van der Waals surface area contributed by atoms with Crippen molar-refractivity contribution in [2.45, 2.75) is 323 Å². The summed E-state index contributed by atoms with van der Waals surface area (Å²) in [4.78, 5) is 263. The number of rotatable bonds is 36. The lowest BCUT2D eigenvalue weighted by Gasteiger charge is -2.52. The largest absolute Gasteiger partial charge is 0.463 e. The van der Waals surface area contributed by atoms with Crippen molar-refractivity contribution in [1.29, 1.82) is 0 Å². The molecule has 6 aliphatic rings. The maximum atomic E-state index is 13.8. The highest BCUT2D eigenvalue weighted by Gasteiger charge is 2.65.